The van der Waals surface area contributed by atoms with Crippen molar-refractivity contribution >= 4 is 28.3 Å². The van der Waals surface area contributed by atoms with Crippen LogP contribution in [0.1, 0.15) is 12.6 Å². The largest absolute Gasteiger partial charge is 0.398 e. The molecule has 17 heavy (non-hydrogen) atoms. The van der Waals surface area contributed by atoms with E-state index in [0.717, 1.165) is 3.57 Å². The van der Waals surface area contributed by atoms with Gasteiger partial charge in [-0.3, -0.25) is 9.36 Å². The molecule has 1 aliphatic heterocycles. The van der Waals surface area contributed by atoms with Gasteiger partial charge in [-0.2, -0.15) is 0 Å². The van der Waals surface area contributed by atoms with Crippen LogP contribution in [0.5, 0.6) is 0 Å². The third-order valence-corrected chi connectivity index (χ3v) is 3.66. The van der Waals surface area contributed by atoms with E-state index in [4.69, 9.17) is 15.6 Å². The maximum atomic E-state index is 11.7. The summed E-state index contributed by atoms with van der Waals surface area (Å²) < 4.78 is 7.53. The number of hydrogen-bond donors (Lipinski definition) is 3. The van der Waals surface area contributed by atoms with Gasteiger partial charge in [0.2, 0.25) is 0 Å². The lowest BCUT2D eigenvalue weighted by Crippen LogP contribution is -2.26. The number of aliphatic hydroxyl groups excluding tert-OH is 2. The van der Waals surface area contributed by atoms with Gasteiger partial charge in [-0.05, 0) is 22.6 Å². The molecule has 7 heteroatoms. The first-order valence-electron chi connectivity index (χ1n) is 5.14. The smallest absolute Gasteiger partial charge is 0.254 e. The van der Waals surface area contributed by atoms with E-state index in [2.05, 4.69) is 0 Å². The fourth-order valence-electron chi connectivity index (χ4n) is 1.81. The van der Waals surface area contributed by atoms with E-state index in [1.54, 1.807) is 6.20 Å². The number of aromatic nitrogens is 1. The van der Waals surface area contributed by atoms with Crippen LogP contribution in [0.3, 0.4) is 0 Å². The SMILES string of the molecule is Nc1cc(=O)n([C@H]2CC(O)[C@@H](CO)O2)cc1I. The number of anilines is 1. The number of nitrogens with zero attached hydrogens (tertiary/aromatic N) is 1. The highest BCUT2D eigenvalue weighted by atomic mass is 127. The number of pyridine rings is 1. The number of ether oxygens (including phenoxy) is 1. The van der Waals surface area contributed by atoms with Crippen LogP contribution in [-0.4, -0.2) is 33.6 Å². The zero-order valence-electron chi connectivity index (χ0n) is 8.91. The Balaban J connectivity index is 2.30. The molecule has 1 saturated heterocycles. The summed E-state index contributed by atoms with van der Waals surface area (Å²) in [4.78, 5) is 11.7. The third kappa shape index (κ3) is 2.46. The number of halogens is 1. The van der Waals surface area contributed by atoms with E-state index in [-0.39, 0.29) is 18.6 Å². The number of hydrogen-bond acceptors (Lipinski definition) is 5. The molecule has 0 radical (unpaired) electrons. The van der Waals surface area contributed by atoms with Gasteiger partial charge in [0, 0.05) is 18.7 Å². The van der Waals surface area contributed by atoms with E-state index >= 15 is 0 Å². The Hall–Kier alpha value is -0.640. The van der Waals surface area contributed by atoms with Gasteiger partial charge in [0.15, 0.2) is 0 Å². The highest BCUT2D eigenvalue weighted by molar-refractivity contribution is 14.1. The van der Waals surface area contributed by atoms with E-state index in [9.17, 15) is 9.90 Å². The van der Waals surface area contributed by atoms with E-state index < -0.39 is 18.4 Å². The van der Waals surface area contributed by atoms with Crippen molar-refractivity contribution in [3.8, 4) is 0 Å². The van der Waals surface area contributed by atoms with Gasteiger partial charge in [0.05, 0.1) is 22.0 Å². The van der Waals surface area contributed by atoms with Crippen LogP contribution < -0.4 is 11.3 Å². The Morgan fingerprint density at radius 1 is 1.65 bits per heavy atom. The second-order valence-corrected chi connectivity index (χ2v) is 5.10. The molecule has 1 aliphatic rings. The highest BCUT2D eigenvalue weighted by Gasteiger charge is 2.34. The quantitative estimate of drug-likeness (QED) is 0.634. The number of nitrogens with two attached hydrogens (primary N) is 1. The summed E-state index contributed by atoms with van der Waals surface area (Å²) >= 11 is 2.02. The Kier molecular flexibility index (Phi) is 3.71. The Bertz CT molecular complexity index is 476. The van der Waals surface area contributed by atoms with Crippen molar-refractivity contribution < 1.29 is 14.9 Å². The number of nitrogen functional groups attached to an aromatic ring is 1. The molecular formula is C10H13IN2O4. The molecule has 2 rings (SSSR count). The normalized spacial score (nSPS) is 28.5. The summed E-state index contributed by atoms with van der Waals surface area (Å²) in [5, 5.41) is 18.6. The molecule has 1 fully saturated rings. The predicted molar refractivity (Wildman–Crippen MR) is 69.5 cm³/mol. The molecule has 0 amide bonds. The van der Waals surface area contributed by atoms with Gasteiger partial charge < -0.3 is 20.7 Å². The van der Waals surface area contributed by atoms with Crippen molar-refractivity contribution in [1.29, 1.82) is 0 Å². The second-order valence-electron chi connectivity index (χ2n) is 3.94. The van der Waals surface area contributed by atoms with Gasteiger partial charge in [-0.15, -0.1) is 0 Å². The highest BCUT2D eigenvalue weighted by Crippen LogP contribution is 2.28. The molecule has 0 bridgehead atoms. The third-order valence-electron chi connectivity index (χ3n) is 2.76. The Morgan fingerprint density at radius 2 is 2.35 bits per heavy atom. The molecule has 0 aliphatic carbocycles. The molecule has 1 unspecified atom stereocenters. The van der Waals surface area contributed by atoms with Crippen LogP contribution >= 0.6 is 22.6 Å². The summed E-state index contributed by atoms with van der Waals surface area (Å²) in [5.41, 5.74) is 5.76. The molecule has 4 N–H and O–H groups in total. The fraction of sp³-hybridized carbons (Fsp3) is 0.500. The van der Waals surface area contributed by atoms with Crippen molar-refractivity contribution in [3.63, 3.8) is 0 Å². The molecule has 0 aromatic carbocycles. The molecular weight excluding hydrogens is 339 g/mol. The van der Waals surface area contributed by atoms with Crippen LogP contribution in [0.25, 0.3) is 0 Å². The molecule has 94 valence electrons. The lowest BCUT2D eigenvalue weighted by Gasteiger charge is -2.15. The topological polar surface area (TPSA) is 97.7 Å². The molecule has 3 atom stereocenters. The predicted octanol–water partition coefficient (Wildman–Crippen LogP) is -0.324. The lowest BCUT2D eigenvalue weighted by molar-refractivity contribution is -0.0455. The van der Waals surface area contributed by atoms with Gasteiger partial charge in [0.1, 0.15) is 12.3 Å². The maximum Gasteiger partial charge on any atom is 0.254 e. The first-order valence-corrected chi connectivity index (χ1v) is 6.22. The van der Waals surface area contributed by atoms with Gasteiger partial charge in [0.25, 0.3) is 5.56 Å². The van der Waals surface area contributed by atoms with Crippen molar-refractivity contribution in [2.45, 2.75) is 24.9 Å². The van der Waals surface area contributed by atoms with Crippen molar-refractivity contribution in [3.05, 3.63) is 26.2 Å². The summed E-state index contributed by atoms with van der Waals surface area (Å²) in [5.74, 6) is 0. The summed E-state index contributed by atoms with van der Waals surface area (Å²) in [7, 11) is 0. The van der Waals surface area contributed by atoms with E-state index in [0.29, 0.717) is 5.69 Å². The lowest BCUT2D eigenvalue weighted by atomic mass is 10.2. The summed E-state index contributed by atoms with van der Waals surface area (Å²) in [6.07, 6.45) is -0.0708. The molecule has 6 nitrogen and oxygen atoms in total. The monoisotopic (exact) mass is 352 g/mol. The first-order chi connectivity index (χ1) is 8.02. The Labute approximate surface area is 111 Å². The van der Waals surface area contributed by atoms with Crippen LogP contribution in [0.15, 0.2) is 17.1 Å². The van der Waals surface area contributed by atoms with Crippen LogP contribution in [-0.2, 0) is 4.74 Å². The van der Waals surface area contributed by atoms with Gasteiger partial charge >= 0.3 is 0 Å². The fourth-order valence-corrected chi connectivity index (χ4v) is 2.27. The molecule has 0 saturated carbocycles. The van der Waals surface area contributed by atoms with E-state index in [1.807, 2.05) is 22.6 Å². The number of rotatable bonds is 2. The average Bonchev–Trinajstić information content (AvgIpc) is 2.65. The minimum Gasteiger partial charge on any atom is -0.398 e. The average molecular weight is 352 g/mol. The zero-order valence-corrected chi connectivity index (χ0v) is 11.1. The van der Waals surface area contributed by atoms with Crippen LogP contribution in [0, 0.1) is 3.57 Å². The molecule has 1 aromatic heterocycles. The van der Waals surface area contributed by atoms with E-state index in [1.165, 1.54) is 10.6 Å². The molecule has 1 aromatic rings. The minimum atomic E-state index is -0.757. The number of aliphatic hydroxyl groups is 2. The maximum absolute atomic E-state index is 11.7. The zero-order chi connectivity index (χ0) is 12.6. The van der Waals surface area contributed by atoms with Crippen LogP contribution in [0.4, 0.5) is 5.69 Å². The van der Waals surface area contributed by atoms with Crippen molar-refractivity contribution in [1.82, 2.24) is 4.57 Å². The second kappa shape index (κ2) is 4.92. The van der Waals surface area contributed by atoms with Gasteiger partial charge in [-0.1, -0.05) is 0 Å². The molecule has 0 spiro atoms. The summed E-state index contributed by atoms with van der Waals surface area (Å²) in [6.45, 7) is -0.265. The summed E-state index contributed by atoms with van der Waals surface area (Å²) in [6, 6.07) is 1.32. The Morgan fingerprint density at radius 3 is 2.94 bits per heavy atom. The van der Waals surface area contributed by atoms with Crippen LogP contribution in [0.2, 0.25) is 0 Å². The minimum absolute atomic E-state index is 0.265. The van der Waals surface area contributed by atoms with Crippen molar-refractivity contribution in [2.24, 2.45) is 0 Å². The molecule has 2 heterocycles. The van der Waals surface area contributed by atoms with Crippen molar-refractivity contribution in [2.75, 3.05) is 12.3 Å². The standard InChI is InChI=1S/C10H13IN2O4/c11-5-3-13(9(16)1-6(5)12)10-2-7(15)8(4-14)17-10/h1,3,7-8,10,14-15H,2,4,12H2/t7?,8-,10-/m1/s1. The first kappa shape index (κ1) is 12.8. The van der Waals surface area contributed by atoms with Gasteiger partial charge in [-0.25, -0.2) is 0 Å².